The summed E-state index contributed by atoms with van der Waals surface area (Å²) >= 11 is 0. The maximum atomic E-state index is 13.3. The number of amides is 1. The molecule has 1 amide bonds. The molecule has 2 aliphatic rings. The zero-order valence-corrected chi connectivity index (χ0v) is 14.0. The van der Waals surface area contributed by atoms with Crippen molar-refractivity contribution in [1.82, 2.24) is 14.5 Å². The maximum Gasteiger partial charge on any atom is 0.326 e. The van der Waals surface area contributed by atoms with Gasteiger partial charge < -0.3 is 14.6 Å². The number of carboxylic acid groups (broad SMARTS) is 1. The van der Waals surface area contributed by atoms with Crippen molar-refractivity contribution in [3.05, 3.63) is 53.6 Å². The van der Waals surface area contributed by atoms with Crippen LogP contribution in [-0.2, 0) is 17.8 Å². The van der Waals surface area contributed by atoms with Crippen molar-refractivity contribution in [3.63, 3.8) is 0 Å². The lowest BCUT2D eigenvalue weighted by Crippen LogP contribution is -2.42. The second-order valence-corrected chi connectivity index (χ2v) is 6.74. The highest BCUT2D eigenvalue weighted by atomic mass is 16.4. The van der Waals surface area contributed by atoms with Crippen molar-refractivity contribution in [2.45, 2.75) is 50.7 Å². The Labute approximate surface area is 146 Å². The zero-order valence-electron chi connectivity index (χ0n) is 14.0. The Kier molecular flexibility index (Phi) is 4.03. The number of aryl methyl sites for hydroxylation is 1. The number of hydrogen-bond acceptors (Lipinski definition) is 3. The molecule has 0 radical (unpaired) electrons. The summed E-state index contributed by atoms with van der Waals surface area (Å²) in [7, 11) is 0. The Morgan fingerprint density at radius 3 is 2.68 bits per heavy atom. The Hall–Kier alpha value is -2.63. The molecule has 6 heteroatoms. The van der Waals surface area contributed by atoms with Gasteiger partial charge in [0.05, 0.1) is 12.2 Å². The molecule has 25 heavy (non-hydrogen) atoms. The summed E-state index contributed by atoms with van der Waals surface area (Å²) in [6, 6.07) is 8.70. The third kappa shape index (κ3) is 2.71. The first kappa shape index (κ1) is 15.9. The van der Waals surface area contributed by atoms with Crippen molar-refractivity contribution in [2.24, 2.45) is 0 Å². The molecule has 1 aromatic heterocycles. The molecular formula is C19H21N3O3. The molecule has 3 heterocycles. The fourth-order valence-electron chi connectivity index (χ4n) is 4.06. The molecule has 1 fully saturated rings. The number of carbonyl (C=O) groups excluding carboxylic acids is 1. The first-order chi connectivity index (χ1) is 12.2. The predicted molar refractivity (Wildman–Crippen MR) is 91.2 cm³/mol. The van der Waals surface area contributed by atoms with E-state index >= 15 is 0 Å². The smallest absolute Gasteiger partial charge is 0.326 e. The van der Waals surface area contributed by atoms with E-state index < -0.39 is 12.0 Å². The second kappa shape index (κ2) is 6.35. The number of carbonyl (C=O) groups is 2. The highest BCUT2D eigenvalue weighted by molar-refractivity contribution is 5.96. The van der Waals surface area contributed by atoms with Gasteiger partial charge in [0.1, 0.15) is 17.6 Å². The molecule has 0 spiro atoms. The van der Waals surface area contributed by atoms with E-state index in [9.17, 15) is 14.7 Å². The third-order valence-electron chi connectivity index (χ3n) is 5.28. The van der Waals surface area contributed by atoms with Crippen molar-refractivity contribution in [1.29, 1.82) is 0 Å². The minimum atomic E-state index is -0.940. The summed E-state index contributed by atoms with van der Waals surface area (Å²) in [6.07, 6.45) is 5.72. The normalized spacial score (nSPS) is 22.6. The van der Waals surface area contributed by atoms with Gasteiger partial charge in [-0.1, -0.05) is 30.3 Å². The molecule has 1 N–H and O–H groups in total. The Bertz CT molecular complexity index is 800. The summed E-state index contributed by atoms with van der Waals surface area (Å²) in [6.45, 7) is 0.776. The van der Waals surface area contributed by atoms with E-state index in [1.165, 1.54) is 0 Å². The average Bonchev–Trinajstić information content (AvgIpc) is 3.26. The van der Waals surface area contributed by atoms with E-state index in [1.54, 1.807) is 11.1 Å². The van der Waals surface area contributed by atoms with Gasteiger partial charge in [0, 0.05) is 13.0 Å². The van der Waals surface area contributed by atoms with Crippen LogP contribution < -0.4 is 0 Å². The van der Waals surface area contributed by atoms with Crippen molar-refractivity contribution in [2.75, 3.05) is 0 Å². The van der Waals surface area contributed by atoms with E-state index in [1.807, 2.05) is 34.9 Å². The lowest BCUT2D eigenvalue weighted by atomic mass is 10.0. The van der Waals surface area contributed by atoms with Gasteiger partial charge >= 0.3 is 5.97 Å². The number of nitrogens with zero attached hydrogens (tertiary/aromatic N) is 3. The number of fused-ring (bicyclic) bond motifs is 1. The van der Waals surface area contributed by atoms with E-state index in [0.29, 0.717) is 18.5 Å². The number of rotatable bonds is 3. The fraction of sp³-hybridized carbons (Fsp3) is 0.421. The molecule has 4 rings (SSSR count). The summed E-state index contributed by atoms with van der Waals surface area (Å²) in [5.41, 5.74) is 1.50. The summed E-state index contributed by atoms with van der Waals surface area (Å²) in [5.74, 6) is -0.235. The van der Waals surface area contributed by atoms with Crippen LogP contribution in [0.1, 0.15) is 53.6 Å². The van der Waals surface area contributed by atoms with E-state index in [-0.39, 0.29) is 11.9 Å². The van der Waals surface area contributed by atoms with Crippen LogP contribution in [0.5, 0.6) is 0 Å². The number of carboxylic acids is 1. The zero-order chi connectivity index (χ0) is 17.4. The lowest BCUT2D eigenvalue weighted by molar-refractivity contribution is -0.141. The SMILES string of the molecule is O=C(O)C1CC[C@@H](c2ccccc2)N1C(=O)c1cnc2n1CCCC2. The average molecular weight is 339 g/mol. The number of hydrogen-bond donors (Lipinski definition) is 1. The molecule has 0 bridgehead atoms. The van der Waals surface area contributed by atoms with Gasteiger partial charge in [0.25, 0.3) is 5.91 Å². The van der Waals surface area contributed by atoms with E-state index in [4.69, 9.17) is 0 Å². The summed E-state index contributed by atoms with van der Waals surface area (Å²) in [5, 5.41) is 9.62. The van der Waals surface area contributed by atoms with Crippen LogP contribution >= 0.6 is 0 Å². The quantitative estimate of drug-likeness (QED) is 0.933. The van der Waals surface area contributed by atoms with Crippen LogP contribution in [0.4, 0.5) is 0 Å². The minimum absolute atomic E-state index is 0.204. The summed E-state index contributed by atoms with van der Waals surface area (Å²) < 4.78 is 1.96. The first-order valence-electron chi connectivity index (χ1n) is 8.81. The molecule has 0 saturated carbocycles. The highest BCUT2D eigenvalue weighted by Crippen LogP contribution is 2.37. The van der Waals surface area contributed by atoms with Gasteiger partial charge in [0.2, 0.25) is 0 Å². The molecule has 0 aliphatic carbocycles. The molecule has 2 aromatic rings. The third-order valence-corrected chi connectivity index (χ3v) is 5.28. The van der Waals surface area contributed by atoms with Gasteiger partial charge in [0.15, 0.2) is 0 Å². The highest BCUT2D eigenvalue weighted by Gasteiger charge is 2.43. The van der Waals surface area contributed by atoms with Crippen LogP contribution in [0.25, 0.3) is 0 Å². The van der Waals surface area contributed by atoms with E-state index in [0.717, 1.165) is 37.2 Å². The largest absolute Gasteiger partial charge is 0.480 e. The molecule has 1 aromatic carbocycles. The van der Waals surface area contributed by atoms with Gasteiger partial charge in [-0.25, -0.2) is 9.78 Å². The standard InChI is InChI=1S/C19H21N3O3/c23-18(16-12-20-17-8-4-5-11-21(16)17)22-14(9-10-15(22)19(24)25)13-6-2-1-3-7-13/h1-3,6-7,12,14-15H,4-5,8-11H2,(H,24,25)/t14-,15?/m0/s1. The second-order valence-electron chi connectivity index (χ2n) is 6.74. The Balaban J connectivity index is 1.72. The van der Waals surface area contributed by atoms with Gasteiger partial charge in [-0.05, 0) is 31.2 Å². The van der Waals surface area contributed by atoms with Gasteiger partial charge in [-0.15, -0.1) is 0 Å². The molecule has 6 nitrogen and oxygen atoms in total. The maximum absolute atomic E-state index is 13.3. The van der Waals surface area contributed by atoms with Crippen LogP contribution in [0.2, 0.25) is 0 Å². The van der Waals surface area contributed by atoms with Crippen molar-refractivity contribution >= 4 is 11.9 Å². The number of aliphatic carboxylic acids is 1. The molecule has 130 valence electrons. The summed E-state index contributed by atoms with van der Waals surface area (Å²) in [4.78, 5) is 31.0. The lowest BCUT2D eigenvalue weighted by Gasteiger charge is -2.29. The Morgan fingerprint density at radius 1 is 1.12 bits per heavy atom. The number of imidazole rings is 1. The molecule has 2 aliphatic heterocycles. The Morgan fingerprint density at radius 2 is 1.92 bits per heavy atom. The number of likely N-dealkylation sites (tertiary alicyclic amines) is 1. The molecule has 1 unspecified atom stereocenters. The van der Waals surface area contributed by atoms with Crippen LogP contribution in [0.15, 0.2) is 36.5 Å². The van der Waals surface area contributed by atoms with Crippen LogP contribution in [0.3, 0.4) is 0 Å². The van der Waals surface area contributed by atoms with E-state index in [2.05, 4.69) is 4.98 Å². The van der Waals surface area contributed by atoms with Crippen LogP contribution in [-0.4, -0.2) is 37.5 Å². The van der Waals surface area contributed by atoms with Gasteiger partial charge in [-0.2, -0.15) is 0 Å². The molecule has 1 saturated heterocycles. The van der Waals surface area contributed by atoms with Crippen molar-refractivity contribution in [3.8, 4) is 0 Å². The number of aromatic nitrogens is 2. The predicted octanol–water partition coefficient (Wildman–Crippen LogP) is 2.65. The van der Waals surface area contributed by atoms with Gasteiger partial charge in [-0.3, -0.25) is 4.79 Å². The van der Waals surface area contributed by atoms with Crippen LogP contribution in [0, 0.1) is 0 Å². The first-order valence-corrected chi connectivity index (χ1v) is 8.81. The topological polar surface area (TPSA) is 75.4 Å². The minimum Gasteiger partial charge on any atom is -0.480 e. The molecule has 2 atom stereocenters. The monoisotopic (exact) mass is 339 g/mol. The number of benzene rings is 1. The van der Waals surface area contributed by atoms with Crippen molar-refractivity contribution < 1.29 is 14.7 Å². The fourth-order valence-corrected chi connectivity index (χ4v) is 4.06. The molecular weight excluding hydrogens is 318 g/mol.